The van der Waals surface area contributed by atoms with Crippen LogP contribution in [0.15, 0.2) is 24.3 Å². The topological polar surface area (TPSA) is 49.6 Å². The number of hydrogen-bond acceptors (Lipinski definition) is 3. The van der Waals surface area contributed by atoms with Crippen molar-refractivity contribution in [1.82, 2.24) is 9.80 Å². The lowest BCUT2D eigenvalue weighted by atomic mass is 10.2. The molecule has 0 bridgehead atoms. The largest absolute Gasteiger partial charge is 0.340 e. The van der Waals surface area contributed by atoms with Crippen molar-refractivity contribution in [3.63, 3.8) is 0 Å². The zero-order chi connectivity index (χ0) is 14.5. The van der Waals surface area contributed by atoms with E-state index in [0.717, 1.165) is 37.7 Å². The van der Waals surface area contributed by atoms with Gasteiger partial charge in [0.2, 0.25) is 5.91 Å². The van der Waals surface area contributed by atoms with Crippen LogP contribution in [0.25, 0.3) is 0 Å². The smallest absolute Gasteiger partial charge is 0.224 e. The third kappa shape index (κ3) is 6.71. The average molecular weight is 369 g/mol. The minimum atomic E-state index is -0.0630. The zero-order valence-corrected chi connectivity index (χ0v) is 15.1. The van der Waals surface area contributed by atoms with Gasteiger partial charge in [0.1, 0.15) is 0 Å². The molecular weight excluding hydrogens is 345 g/mol. The third-order valence-electron chi connectivity index (χ3n) is 3.52. The molecule has 1 fully saturated rings. The van der Waals surface area contributed by atoms with Gasteiger partial charge in [-0.25, -0.2) is 0 Å². The van der Waals surface area contributed by atoms with Crippen molar-refractivity contribution < 1.29 is 4.79 Å². The summed E-state index contributed by atoms with van der Waals surface area (Å²) in [4.78, 5) is 16.2. The lowest BCUT2D eigenvalue weighted by Crippen LogP contribution is -2.49. The van der Waals surface area contributed by atoms with E-state index in [9.17, 15) is 4.79 Å². The first kappa shape index (κ1) is 21.5. The molecule has 126 valence electrons. The zero-order valence-electron chi connectivity index (χ0n) is 12.7. The van der Waals surface area contributed by atoms with Crippen molar-refractivity contribution in [3.8, 4) is 0 Å². The summed E-state index contributed by atoms with van der Waals surface area (Å²) in [6.07, 6.45) is 0.439. The second kappa shape index (κ2) is 10.3. The van der Waals surface area contributed by atoms with Gasteiger partial charge in [-0.05, 0) is 24.6 Å². The predicted molar refractivity (Wildman–Crippen MR) is 96.1 cm³/mol. The lowest BCUT2D eigenvalue weighted by Gasteiger charge is -2.35. The van der Waals surface area contributed by atoms with Crippen LogP contribution in [0.4, 0.5) is 0 Å². The lowest BCUT2D eigenvalue weighted by molar-refractivity contribution is -0.133. The van der Waals surface area contributed by atoms with Gasteiger partial charge in [0.05, 0.1) is 0 Å². The highest BCUT2D eigenvalue weighted by Gasteiger charge is 2.21. The molecule has 7 heteroatoms. The number of carbonyl (C=O) groups is 1. The standard InChI is InChI=1S/C15H22ClN3O.2ClH/c1-12(17)9-15(20)19-7-5-18(6-8-19)11-13-3-2-4-14(16)10-13;;/h2-4,10,12H,5-9,11,17H2,1H3;2*1H. The molecule has 4 nitrogen and oxygen atoms in total. The quantitative estimate of drug-likeness (QED) is 0.888. The fourth-order valence-corrected chi connectivity index (χ4v) is 2.67. The van der Waals surface area contributed by atoms with Crippen molar-refractivity contribution in [1.29, 1.82) is 0 Å². The van der Waals surface area contributed by atoms with Crippen LogP contribution in [0.5, 0.6) is 0 Å². The molecule has 1 aromatic carbocycles. The number of hydrogen-bond donors (Lipinski definition) is 1. The summed E-state index contributed by atoms with van der Waals surface area (Å²) in [5.74, 6) is 0.169. The summed E-state index contributed by atoms with van der Waals surface area (Å²) in [5, 5.41) is 0.772. The Hall–Kier alpha value is -0.520. The Morgan fingerprint density at radius 3 is 2.45 bits per heavy atom. The van der Waals surface area contributed by atoms with E-state index in [4.69, 9.17) is 17.3 Å². The summed E-state index contributed by atoms with van der Waals surface area (Å²) in [7, 11) is 0. The van der Waals surface area contributed by atoms with E-state index < -0.39 is 0 Å². The monoisotopic (exact) mass is 367 g/mol. The summed E-state index contributed by atoms with van der Waals surface area (Å²) in [6, 6.07) is 7.87. The van der Waals surface area contributed by atoms with Crippen LogP contribution in [0.2, 0.25) is 5.02 Å². The van der Waals surface area contributed by atoms with Crippen molar-refractivity contribution in [2.24, 2.45) is 5.73 Å². The van der Waals surface area contributed by atoms with Crippen LogP contribution in [-0.4, -0.2) is 47.9 Å². The number of nitrogens with two attached hydrogens (primary N) is 1. The molecule has 0 radical (unpaired) electrons. The van der Waals surface area contributed by atoms with E-state index in [1.807, 2.05) is 30.0 Å². The van der Waals surface area contributed by atoms with E-state index in [1.54, 1.807) is 0 Å². The maximum Gasteiger partial charge on any atom is 0.224 e. The SMILES string of the molecule is CC(N)CC(=O)N1CCN(Cc2cccc(Cl)c2)CC1.Cl.Cl. The third-order valence-corrected chi connectivity index (χ3v) is 3.75. The normalized spacial score (nSPS) is 16.4. The Bertz CT molecular complexity index is 463. The van der Waals surface area contributed by atoms with Crippen molar-refractivity contribution in [2.45, 2.75) is 25.9 Å². The van der Waals surface area contributed by atoms with Crippen LogP contribution in [0.1, 0.15) is 18.9 Å². The fourth-order valence-electron chi connectivity index (χ4n) is 2.45. The average Bonchev–Trinajstić information content (AvgIpc) is 2.38. The fraction of sp³-hybridized carbons (Fsp3) is 0.533. The molecule has 0 aromatic heterocycles. The molecule has 1 aromatic rings. The summed E-state index contributed by atoms with van der Waals surface area (Å²) < 4.78 is 0. The van der Waals surface area contributed by atoms with Crippen molar-refractivity contribution in [2.75, 3.05) is 26.2 Å². The molecule has 1 atom stereocenters. The minimum absolute atomic E-state index is 0. The molecular formula is C15H24Cl3N3O. The molecule has 2 rings (SSSR count). The summed E-state index contributed by atoms with van der Waals surface area (Å²) in [6.45, 7) is 6.12. The maximum absolute atomic E-state index is 11.9. The molecule has 2 N–H and O–H groups in total. The van der Waals surface area contributed by atoms with Gasteiger partial charge < -0.3 is 10.6 Å². The van der Waals surface area contributed by atoms with Crippen LogP contribution in [0.3, 0.4) is 0 Å². The van der Waals surface area contributed by atoms with Gasteiger partial charge in [0, 0.05) is 50.2 Å². The van der Waals surface area contributed by atoms with Crippen molar-refractivity contribution in [3.05, 3.63) is 34.9 Å². The number of piperazine rings is 1. The maximum atomic E-state index is 11.9. The van der Waals surface area contributed by atoms with Crippen LogP contribution in [0, 0.1) is 0 Å². The number of nitrogens with zero attached hydrogens (tertiary/aromatic N) is 2. The first-order chi connectivity index (χ1) is 9.54. The van der Waals surface area contributed by atoms with Crippen LogP contribution >= 0.6 is 36.4 Å². The van der Waals surface area contributed by atoms with E-state index in [2.05, 4.69) is 11.0 Å². The molecule has 0 aliphatic carbocycles. The first-order valence-corrected chi connectivity index (χ1v) is 7.42. The number of carbonyl (C=O) groups excluding carboxylic acids is 1. The molecule has 1 heterocycles. The summed E-state index contributed by atoms with van der Waals surface area (Å²) in [5.41, 5.74) is 6.89. The first-order valence-electron chi connectivity index (χ1n) is 7.05. The van der Waals surface area contributed by atoms with Gasteiger partial charge in [-0.15, -0.1) is 24.8 Å². The second-order valence-electron chi connectivity index (χ2n) is 5.47. The Kier molecular flexibility index (Phi) is 10.0. The second-order valence-corrected chi connectivity index (χ2v) is 5.90. The predicted octanol–water partition coefficient (Wildman–Crippen LogP) is 2.57. The van der Waals surface area contributed by atoms with Gasteiger partial charge in [-0.2, -0.15) is 0 Å². The van der Waals surface area contributed by atoms with Crippen molar-refractivity contribution >= 4 is 42.3 Å². The van der Waals surface area contributed by atoms with Gasteiger partial charge in [0.15, 0.2) is 0 Å². The molecule has 1 amide bonds. The van der Waals surface area contributed by atoms with Gasteiger partial charge in [-0.1, -0.05) is 23.7 Å². The van der Waals surface area contributed by atoms with E-state index in [-0.39, 0.29) is 36.8 Å². The number of rotatable bonds is 4. The van der Waals surface area contributed by atoms with E-state index in [1.165, 1.54) is 5.56 Å². The summed E-state index contributed by atoms with van der Waals surface area (Å²) >= 11 is 5.99. The van der Waals surface area contributed by atoms with Gasteiger partial charge in [-0.3, -0.25) is 9.69 Å². The Morgan fingerprint density at radius 1 is 1.27 bits per heavy atom. The molecule has 0 saturated carbocycles. The Labute approximate surface area is 149 Å². The van der Waals surface area contributed by atoms with Crippen LogP contribution < -0.4 is 5.73 Å². The van der Waals surface area contributed by atoms with E-state index in [0.29, 0.717) is 6.42 Å². The molecule has 1 aliphatic rings. The van der Waals surface area contributed by atoms with Crippen LogP contribution in [-0.2, 0) is 11.3 Å². The number of halogens is 3. The highest BCUT2D eigenvalue weighted by molar-refractivity contribution is 6.30. The molecule has 1 unspecified atom stereocenters. The van der Waals surface area contributed by atoms with E-state index >= 15 is 0 Å². The Morgan fingerprint density at radius 2 is 1.91 bits per heavy atom. The van der Waals surface area contributed by atoms with Gasteiger partial charge in [0.25, 0.3) is 0 Å². The molecule has 22 heavy (non-hydrogen) atoms. The number of amides is 1. The van der Waals surface area contributed by atoms with Gasteiger partial charge >= 0.3 is 0 Å². The highest BCUT2D eigenvalue weighted by Crippen LogP contribution is 2.14. The number of benzene rings is 1. The Balaban J connectivity index is 0.00000220. The minimum Gasteiger partial charge on any atom is -0.340 e. The molecule has 1 saturated heterocycles. The molecule has 1 aliphatic heterocycles. The molecule has 0 spiro atoms. The highest BCUT2D eigenvalue weighted by atomic mass is 35.5.